The van der Waals surface area contributed by atoms with Crippen LogP contribution >= 0.6 is 23.2 Å². The van der Waals surface area contributed by atoms with Gasteiger partial charge in [-0.15, -0.1) is 6.58 Å². The van der Waals surface area contributed by atoms with E-state index in [4.69, 9.17) is 27.9 Å². The molecule has 5 heteroatoms. The Morgan fingerprint density at radius 3 is 2.88 bits per heavy atom. The number of ether oxygens (including phenoxy) is 1. The zero-order valence-electron chi connectivity index (χ0n) is 8.58. The molecular weight excluding hydrogens is 249 g/mol. The van der Waals surface area contributed by atoms with E-state index in [1.807, 2.05) is 0 Å². The summed E-state index contributed by atoms with van der Waals surface area (Å²) in [6.07, 6.45) is 3.32. The van der Waals surface area contributed by atoms with Crippen molar-refractivity contribution in [3.63, 3.8) is 0 Å². The summed E-state index contributed by atoms with van der Waals surface area (Å²) in [6, 6.07) is 2.99. The Morgan fingerprint density at radius 1 is 1.50 bits per heavy atom. The molecular formula is C11H11Cl2NO2. The fourth-order valence-electron chi connectivity index (χ4n) is 1.03. The molecule has 0 saturated heterocycles. The molecule has 0 radical (unpaired) electrons. The van der Waals surface area contributed by atoms with Crippen molar-refractivity contribution in [1.29, 1.82) is 0 Å². The maximum Gasteiger partial charge on any atom is 0.341 e. The second kappa shape index (κ2) is 6.51. The molecule has 0 unspecified atom stereocenters. The number of hydrogen-bond acceptors (Lipinski definition) is 3. The van der Waals surface area contributed by atoms with Gasteiger partial charge in [0.25, 0.3) is 0 Å². The highest BCUT2D eigenvalue weighted by atomic mass is 35.5. The Labute approximate surface area is 104 Å². The van der Waals surface area contributed by atoms with Gasteiger partial charge in [0, 0.05) is 0 Å². The predicted molar refractivity (Wildman–Crippen MR) is 64.0 cm³/mol. The van der Waals surface area contributed by atoms with Crippen LogP contribution in [0.5, 0.6) is 0 Å². The standard InChI is InChI=1S/C11H11Cl2NO2/c1-2-3-4-7-16-11(15)8-5-6-9(12)14-10(8)13/h2,5-6H,1,3-4,7H2. The fourth-order valence-corrected chi connectivity index (χ4v) is 1.46. The molecule has 3 nitrogen and oxygen atoms in total. The summed E-state index contributed by atoms with van der Waals surface area (Å²) < 4.78 is 5.00. The molecule has 0 aliphatic carbocycles. The molecule has 86 valence electrons. The molecule has 0 aliphatic rings. The highest BCUT2D eigenvalue weighted by Gasteiger charge is 2.12. The predicted octanol–water partition coefficient (Wildman–Crippen LogP) is 3.51. The molecule has 1 heterocycles. The van der Waals surface area contributed by atoms with Crippen LogP contribution in [0.2, 0.25) is 10.3 Å². The number of esters is 1. The van der Waals surface area contributed by atoms with Gasteiger partial charge in [-0.3, -0.25) is 0 Å². The van der Waals surface area contributed by atoms with E-state index in [1.54, 1.807) is 6.08 Å². The molecule has 0 aromatic carbocycles. The van der Waals surface area contributed by atoms with Gasteiger partial charge in [-0.05, 0) is 25.0 Å². The van der Waals surface area contributed by atoms with Gasteiger partial charge in [0.1, 0.15) is 10.3 Å². The Kier molecular flexibility index (Phi) is 5.29. The molecule has 0 atom stereocenters. The monoisotopic (exact) mass is 259 g/mol. The van der Waals surface area contributed by atoms with Crippen LogP contribution in [0.3, 0.4) is 0 Å². The molecule has 16 heavy (non-hydrogen) atoms. The second-order valence-electron chi connectivity index (χ2n) is 3.04. The molecule has 1 aromatic heterocycles. The number of rotatable bonds is 5. The third kappa shape index (κ3) is 3.83. The summed E-state index contributed by atoms with van der Waals surface area (Å²) in [6.45, 7) is 3.91. The topological polar surface area (TPSA) is 39.2 Å². The number of allylic oxidation sites excluding steroid dienone is 1. The molecule has 0 bridgehead atoms. The summed E-state index contributed by atoms with van der Waals surface area (Å²) in [4.78, 5) is 15.3. The van der Waals surface area contributed by atoms with E-state index in [0.29, 0.717) is 6.61 Å². The number of unbranched alkanes of at least 4 members (excludes halogenated alkanes) is 1. The van der Waals surface area contributed by atoms with Crippen LogP contribution in [-0.2, 0) is 4.74 Å². The lowest BCUT2D eigenvalue weighted by molar-refractivity contribution is 0.0501. The number of pyridine rings is 1. The smallest absolute Gasteiger partial charge is 0.341 e. The van der Waals surface area contributed by atoms with Gasteiger partial charge in [0.15, 0.2) is 0 Å². The Balaban J connectivity index is 2.56. The first-order valence-corrected chi connectivity index (χ1v) is 5.51. The first kappa shape index (κ1) is 13.0. The van der Waals surface area contributed by atoms with Crippen molar-refractivity contribution in [2.24, 2.45) is 0 Å². The van der Waals surface area contributed by atoms with Gasteiger partial charge in [-0.25, -0.2) is 9.78 Å². The van der Waals surface area contributed by atoms with Crippen LogP contribution in [0.15, 0.2) is 24.8 Å². The zero-order valence-corrected chi connectivity index (χ0v) is 10.1. The number of halogens is 2. The van der Waals surface area contributed by atoms with Crippen LogP contribution in [-0.4, -0.2) is 17.6 Å². The van der Waals surface area contributed by atoms with Crippen molar-refractivity contribution in [2.75, 3.05) is 6.61 Å². The van der Waals surface area contributed by atoms with Crippen molar-refractivity contribution in [1.82, 2.24) is 4.98 Å². The van der Waals surface area contributed by atoms with E-state index in [1.165, 1.54) is 12.1 Å². The van der Waals surface area contributed by atoms with Gasteiger partial charge < -0.3 is 4.74 Å². The van der Waals surface area contributed by atoms with Crippen molar-refractivity contribution < 1.29 is 9.53 Å². The van der Waals surface area contributed by atoms with Crippen molar-refractivity contribution in [3.8, 4) is 0 Å². The zero-order chi connectivity index (χ0) is 12.0. The molecule has 0 saturated carbocycles. The molecule has 0 N–H and O–H groups in total. The number of carbonyl (C=O) groups excluding carboxylic acids is 1. The minimum Gasteiger partial charge on any atom is -0.462 e. The van der Waals surface area contributed by atoms with Crippen LogP contribution in [0.1, 0.15) is 23.2 Å². The lowest BCUT2D eigenvalue weighted by Gasteiger charge is -2.04. The van der Waals surface area contributed by atoms with E-state index in [9.17, 15) is 4.79 Å². The number of hydrogen-bond donors (Lipinski definition) is 0. The van der Waals surface area contributed by atoms with Gasteiger partial charge >= 0.3 is 5.97 Å². The minimum atomic E-state index is -0.488. The van der Waals surface area contributed by atoms with Crippen LogP contribution in [0, 0.1) is 0 Å². The summed E-state index contributed by atoms with van der Waals surface area (Å²) in [5, 5.41) is 0.300. The van der Waals surface area contributed by atoms with Gasteiger partial charge in [0.05, 0.1) is 12.2 Å². The van der Waals surface area contributed by atoms with Gasteiger partial charge in [0.2, 0.25) is 0 Å². The maximum absolute atomic E-state index is 11.5. The van der Waals surface area contributed by atoms with Crippen molar-refractivity contribution in [3.05, 3.63) is 40.7 Å². The average molecular weight is 260 g/mol. The highest BCUT2D eigenvalue weighted by molar-refractivity contribution is 6.34. The summed E-state index contributed by atoms with van der Waals surface area (Å²) >= 11 is 11.4. The van der Waals surface area contributed by atoms with E-state index in [2.05, 4.69) is 11.6 Å². The number of carbonyl (C=O) groups is 1. The van der Waals surface area contributed by atoms with Crippen molar-refractivity contribution in [2.45, 2.75) is 12.8 Å². The average Bonchev–Trinajstić information content (AvgIpc) is 2.24. The SMILES string of the molecule is C=CCCCOC(=O)c1ccc(Cl)nc1Cl. The van der Waals surface area contributed by atoms with Crippen LogP contribution < -0.4 is 0 Å². The van der Waals surface area contributed by atoms with E-state index >= 15 is 0 Å². The molecule has 0 spiro atoms. The molecule has 0 aliphatic heterocycles. The Hall–Kier alpha value is -1.06. The fraction of sp³-hybridized carbons (Fsp3) is 0.273. The van der Waals surface area contributed by atoms with Crippen molar-refractivity contribution >= 4 is 29.2 Å². The number of nitrogens with zero attached hydrogens (tertiary/aromatic N) is 1. The maximum atomic E-state index is 11.5. The van der Waals surface area contributed by atoms with Gasteiger partial charge in [-0.2, -0.15) is 0 Å². The normalized spacial score (nSPS) is 9.88. The summed E-state index contributed by atoms with van der Waals surface area (Å²) in [7, 11) is 0. The quantitative estimate of drug-likeness (QED) is 0.352. The molecule has 1 rings (SSSR count). The van der Waals surface area contributed by atoms with Crippen LogP contribution in [0.25, 0.3) is 0 Å². The summed E-state index contributed by atoms with van der Waals surface area (Å²) in [5.41, 5.74) is 0.227. The number of aromatic nitrogens is 1. The first-order valence-electron chi connectivity index (χ1n) is 4.75. The van der Waals surface area contributed by atoms with Gasteiger partial charge in [-0.1, -0.05) is 29.3 Å². The molecule has 0 amide bonds. The van der Waals surface area contributed by atoms with E-state index < -0.39 is 5.97 Å². The molecule has 1 aromatic rings. The Morgan fingerprint density at radius 2 is 2.25 bits per heavy atom. The third-order valence-corrected chi connectivity index (χ3v) is 2.32. The van der Waals surface area contributed by atoms with E-state index in [-0.39, 0.29) is 15.9 Å². The third-order valence-electron chi connectivity index (χ3n) is 1.82. The van der Waals surface area contributed by atoms with Crippen LogP contribution in [0.4, 0.5) is 0 Å². The van der Waals surface area contributed by atoms with E-state index in [0.717, 1.165) is 12.8 Å². The minimum absolute atomic E-state index is 0.0567. The lowest BCUT2D eigenvalue weighted by Crippen LogP contribution is -2.07. The highest BCUT2D eigenvalue weighted by Crippen LogP contribution is 2.17. The summed E-state index contributed by atoms with van der Waals surface area (Å²) in [5.74, 6) is -0.488. The molecule has 0 fully saturated rings. The Bertz CT molecular complexity index is 394. The first-order chi connectivity index (χ1) is 7.65. The largest absolute Gasteiger partial charge is 0.462 e. The second-order valence-corrected chi connectivity index (χ2v) is 3.78. The lowest BCUT2D eigenvalue weighted by atomic mass is 10.3.